The molecule has 8 heteroatoms. The van der Waals surface area contributed by atoms with Crippen molar-refractivity contribution in [1.82, 2.24) is 5.32 Å². The van der Waals surface area contributed by atoms with E-state index in [2.05, 4.69) is 5.32 Å². The van der Waals surface area contributed by atoms with Crippen LogP contribution in [0.2, 0.25) is 0 Å². The van der Waals surface area contributed by atoms with Crippen LogP contribution in [0.5, 0.6) is 0 Å². The highest BCUT2D eigenvalue weighted by molar-refractivity contribution is 5.82. The zero-order valence-corrected chi connectivity index (χ0v) is 12.5. The summed E-state index contributed by atoms with van der Waals surface area (Å²) in [6, 6.07) is 6.16. The predicted molar refractivity (Wildman–Crippen MR) is 80.8 cm³/mol. The number of amides is 1. The van der Waals surface area contributed by atoms with Gasteiger partial charge in [0.05, 0.1) is 11.5 Å². The Balaban J connectivity index is 2.58. The number of nitrogens with zero attached hydrogens (tertiary/aromatic N) is 2. The summed E-state index contributed by atoms with van der Waals surface area (Å²) in [7, 11) is 1.59. The lowest BCUT2D eigenvalue weighted by atomic mass is 10.1. The molecule has 0 aliphatic carbocycles. The van der Waals surface area contributed by atoms with Gasteiger partial charge in [-0.25, -0.2) is 0 Å². The third kappa shape index (κ3) is 5.39. The predicted octanol–water partition coefficient (Wildman–Crippen LogP) is 1.26. The minimum Gasteiger partial charge on any atom is -0.481 e. The number of aliphatic carboxylic acids is 1. The number of carbonyl (C=O) groups is 2. The number of likely N-dealkylation sites (N-methyl/N-ethyl adjacent to an activating group) is 1. The van der Waals surface area contributed by atoms with Gasteiger partial charge in [-0.1, -0.05) is 19.1 Å². The van der Waals surface area contributed by atoms with E-state index in [0.717, 1.165) is 0 Å². The van der Waals surface area contributed by atoms with E-state index in [1.807, 2.05) is 0 Å². The first-order valence-corrected chi connectivity index (χ1v) is 6.74. The zero-order chi connectivity index (χ0) is 16.7. The van der Waals surface area contributed by atoms with E-state index in [-0.39, 0.29) is 37.0 Å². The highest BCUT2D eigenvalue weighted by Gasteiger charge is 2.18. The molecule has 0 fully saturated rings. The highest BCUT2D eigenvalue weighted by atomic mass is 16.6. The Labute approximate surface area is 127 Å². The molecule has 0 saturated heterocycles. The van der Waals surface area contributed by atoms with E-state index in [1.165, 1.54) is 11.0 Å². The topological polar surface area (TPSA) is 113 Å². The molecular formula is C14H19N3O5. The van der Waals surface area contributed by atoms with Gasteiger partial charge in [0.1, 0.15) is 5.69 Å². The fourth-order valence-electron chi connectivity index (χ4n) is 1.96. The molecule has 0 heterocycles. The summed E-state index contributed by atoms with van der Waals surface area (Å²) in [6.45, 7) is 1.92. The molecule has 8 nitrogen and oxygen atoms in total. The number of anilines is 1. The highest BCUT2D eigenvalue weighted by Crippen LogP contribution is 2.26. The summed E-state index contributed by atoms with van der Waals surface area (Å²) < 4.78 is 0. The van der Waals surface area contributed by atoms with E-state index in [1.54, 1.807) is 32.2 Å². The van der Waals surface area contributed by atoms with E-state index in [9.17, 15) is 19.7 Å². The Morgan fingerprint density at radius 1 is 1.41 bits per heavy atom. The molecule has 0 aromatic heterocycles. The minimum absolute atomic E-state index is 0.0275. The molecule has 1 atom stereocenters. The van der Waals surface area contributed by atoms with Crippen molar-refractivity contribution >= 4 is 23.3 Å². The first-order chi connectivity index (χ1) is 10.3. The van der Waals surface area contributed by atoms with Crippen LogP contribution < -0.4 is 10.2 Å². The van der Waals surface area contributed by atoms with Gasteiger partial charge in [-0.2, -0.15) is 0 Å². The number of para-hydroxylation sites is 2. The molecule has 0 aliphatic rings. The molecule has 1 rings (SSSR count). The Morgan fingerprint density at radius 2 is 2.05 bits per heavy atom. The van der Waals surface area contributed by atoms with E-state index in [0.29, 0.717) is 5.69 Å². The van der Waals surface area contributed by atoms with Gasteiger partial charge in [0.25, 0.3) is 5.69 Å². The monoisotopic (exact) mass is 309 g/mol. The standard InChI is InChI=1S/C14H19N3O5/c1-10(7-14(19)20)8-15-13(18)9-16(2)11-5-3-4-6-12(11)17(21)22/h3-6,10H,7-9H2,1-2H3,(H,15,18)(H,19,20). The molecule has 0 aliphatic heterocycles. The smallest absolute Gasteiger partial charge is 0.303 e. The van der Waals surface area contributed by atoms with Gasteiger partial charge in [0.2, 0.25) is 5.91 Å². The first-order valence-electron chi connectivity index (χ1n) is 6.74. The fourth-order valence-corrected chi connectivity index (χ4v) is 1.96. The average molecular weight is 309 g/mol. The zero-order valence-electron chi connectivity index (χ0n) is 12.5. The number of benzene rings is 1. The van der Waals surface area contributed by atoms with Crippen molar-refractivity contribution in [2.24, 2.45) is 5.92 Å². The number of carbonyl (C=O) groups excluding carboxylic acids is 1. The van der Waals surface area contributed by atoms with E-state index in [4.69, 9.17) is 5.11 Å². The van der Waals surface area contributed by atoms with Crippen LogP contribution >= 0.6 is 0 Å². The van der Waals surface area contributed by atoms with Crippen LogP contribution in [0.4, 0.5) is 11.4 Å². The summed E-state index contributed by atoms with van der Waals surface area (Å²) in [5.41, 5.74) is 0.276. The van der Waals surface area contributed by atoms with Gasteiger partial charge in [0.15, 0.2) is 0 Å². The van der Waals surface area contributed by atoms with Crippen LogP contribution in [0, 0.1) is 16.0 Å². The van der Waals surface area contributed by atoms with Crippen molar-refractivity contribution in [1.29, 1.82) is 0 Å². The second-order valence-electron chi connectivity index (χ2n) is 5.11. The Hall–Kier alpha value is -2.64. The van der Waals surface area contributed by atoms with Gasteiger partial charge in [-0.15, -0.1) is 0 Å². The molecule has 1 aromatic rings. The summed E-state index contributed by atoms with van der Waals surface area (Å²) >= 11 is 0. The minimum atomic E-state index is -0.918. The number of nitrogens with one attached hydrogen (secondary N) is 1. The molecule has 120 valence electrons. The molecule has 22 heavy (non-hydrogen) atoms. The molecule has 1 unspecified atom stereocenters. The van der Waals surface area contributed by atoms with Crippen molar-refractivity contribution in [3.63, 3.8) is 0 Å². The maximum Gasteiger partial charge on any atom is 0.303 e. The summed E-state index contributed by atoms with van der Waals surface area (Å²) in [4.78, 5) is 34.3. The van der Waals surface area contributed by atoms with Crippen LogP contribution in [-0.2, 0) is 9.59 Å². The average Bonchev–Trinajstić information content (AvgIpc) is 2.44. The third-order valence-electron chi connectivity index (χ3n) is 3.04. The number of hydrogen-bond donors (Lipinski definition) is 2. The number of nitro groups is 1. The van der Waals surface area contributed by atoms with Gasteiger partial charge in [-0.05, 0) is 12.0 Å². The Bertz CT molecular complexity index is 561. The van der Waals surface area contributed by atoms with Crippen molar-refractivity contribution in [2.75, 3.05) is 25.0 Å². The van der Waals surface area contributed by atoms with Gasteiger partial charge >= 0.3 is 5.97 Å². The summed E-state index contributed by atoms with van der Waals surface area (Å²) in [5, 5.41) is 22.2. The van der Waals surface area contributed by atoms with Gasteiger partial charge < -0.3 is 15.3 Å². The lowest BCUT2D eigenvalue weighted by molar-refractivity contribution is -0.384. The number of hydrogen-bond acceptors (Lipinski definition) is 5. The summed E-state index contributed by atoms with van der Waals surface area (Å²) in [6.07, 6.45) is -0.0275. The van der Waals surface area contributed by atoms with Crippen LogP contribution in [0.25, 0.3) is 0 Å². The largest absolute Gasteiger partial charge is 0.481 e. The molecule has 0 saturated carbocycles. The van der Waals surface area contributed by atoms with E-state index < -0.39 is 10.9 Å². The maximum atomic E-state index is 11.8. The van der Waals surface area contributed by atoms with Crippen LogP contribution in [-0.4, -0.2) is 42.0 Å². The second kappa shape index (κ2) is 7.96. The van der Waals surface area contributed by atoms with Crippen molar-refractivity contribution in [2.45, 2.75) is 13.3 Å². The van der Waals surface area contributed by atoms with Crippen LogP contribution in [0.3, 0.4) is 0 Å². The number of rotatable bonds is 8. The number of nitro benzene ring substituents is 1. The van der Waals surface area contributed by atoms with Crippen molar-refractivity contribution in [3.8, 4) is 0 Å². The van der Waals surface area contributed by atoms with Crippen LogP contribution in [0.1, 0.15) is 13.3 Å². The molecule has 1 aromatic carbocycles. The lowest BCUT2D eigenvalue weighted by Gasteiger charge is -2.19. The normalized spacial score (nSPS) is 11.5. The third-order valence-corrected chi connectivity index (χ3v) is 3.04. The quantitative estimate of drug-likeness (QED) is 0.552. The SMILES string of the molecule is CC(CNC(=O)CN(C)c1ccccc1[N+](=O)[O-])CC(=O)O. The van der Waals surface area contributed by atoms with Crippen LogP contribution in [0.15, 0.2) is 24.3 Å². The molecule has 0 radical (unpaired) electrons. The van der Waals surface area contributed by atoms with Crippen molar-refractivity contribution < 1.29 is 19.6 Å². The molecule has 2 N–H and O–H groups in total. The molecule has 0 spiro atoms. The van der Waals surface area contributed by atoms with Gasteiger partial charge in [-0.3, -0.25) is 19.7 Å². The fraction of sp³-hybridized carbons (Fsp3) is 0.429. The Morgan fingerprint density at radius 3 is 2.64 bits per heavy atom. The Kier molecular flexibility index (Phi) is 6.30. The second-order valence-corrected chi connectivity index (χ2v) is 5.11. The molecular weight excluding hydrogens is 290 g/mol. The summed E-state index contributed by atoms with van der Waals surface area (Å²) in [5.74, 6) is -1.42. The first kappa shape index (κ1) is 17.4. The van der Waals surface area contributed by atoms with E-state index >= 15 is 0 Å². The molecule has 0 bridgehead atoms. The maximum absolute atomic E-state index is 11.8. The lowest BCUT2D eigenvalue weighted by Crippen LogP contribution is -2.37. The van der Waals surface area contributed by atoms with Gasteiger partial charge in [0, 0.05) is 26.1 Å². The molecule has 1 amide bonds. The number of carboxylic acid groups (broad SMARTS) is 1. The van der Waals surface area contributed by atoms with Crippen molar-refractivity contribution in [3.05, 3.63) is 34.4 Å². The number of carboxylic acids is 1.